The molecule has 0 saturated carbocycles. The summed E-state index contributed by atoms with van der Waals surface area (Å²) in [7, 11) is 0. The molecular formula is C7H10N2O. The van der Waals surface area contributed by atoms with Crippen LogP contribution in [-0.2, 0) is 11.3 Å². The van der Waals surface area contributed by atoms with Gasteiger partial charge in [0.2, 0.25) is 0 Å². The molecule has 54 valence electrons. The third-order valence-corrected chi connectivity index (χ3v) is 1.29. The molecular weight excluding hydrogens is 128 g/mol. The first-order valence-corrected chi connectivity index (χ1v) is 3.32. The summed E-state index contributed by atoms with van der Waals surface area (Å²) in [6.45, 7) is 2.26. The van der Waals surface area contributed by atoms with Crippen LogP contribution in [0.15, 0.2) is 18.5 Å². The fraction of sp³-hybridized carbons (Fsp3) is 0.429. The topological polar surface area (TPSA) is 34.9 Å². The van der Waals surface area contributed by atoms with Crippen LogP contribution in [0.25, 0.3) is 0 Å². The second-order valence-corrected chi connectivity index (χ2v) is 2.10. The zero-order valence-electron chi connectivity index (χ0n) is 5.95. The number of hydrogen-bond acceptors (Lipinski definition) is 2. The number of ketones is 1. The first-order chi connectivity index (χ1) is 4.83. The predicted molar refractivity (Wildman–Crippen MR) is 37.5 cm³/mol. The molecule has 0 fully saturated rings. The van der Waals surface area contributed by atoms with Gasteiger partial charge < -0.3 is 0 Å². The summed E-state index contributed by atoms with van der Waals surface area (Å²) < 4.78 is 1.63. The van der Waals surface area contributed by atoms with Crippen LogP contribution < -0.4 is 0 Å². The van der Waals surface area contributed by atoms with Gasteiger partial charge in [-0.05, 0) is 6.07 Å². The number of Topliss-reactive ketones (excluding diaryl/α,β-unsaturated/α-hetero) is 1. The number of hydrogen-bond donors (Lipinski definition) is 0. The van der Waals surface area contributed by atoms with E-state index in [0.717, 1.165) is 0 Å². The largest absolute Gasteiger partial charge is 0.298 e. The SMILES string of the molecule is CCC(=O)Cn1cccn1. The zero-order valence-corrected chi connectivity index (χ0v) is 5.95. The molecule has 0 saturated heterocycles. The average molecular weight is 138 g/mol. The van der Waals surface area contributed by atoms with Gasteiger partial charge in [0.25, 0.3) is 0 Å². The predicted octanol–water partition coefficient (Wildman–Crippen LogP) is 0.862. The van der Waals surface area contributed by atoms with E-state index >= 15 is 0 Å². The van der Waals surface area contributed by atoms with Gasteiger partial charge in [0.1, 0.15) is 0 Å². The Morgan fingerprint density at radius 2 is 2.50 bits per heavy atom. The first-order valence-electron chi connectivity index (χ1n) is 3.32. The molecule has 0 N–H and O–H groups in total. The van der Waals surface area contributed by atoms with Gasteiger partial charge in [-0.1, -0.05) is 6.92 Å². The fourth-order valence-corrected chi connectivity index (χ4v) is 0.686. The summed E-state index contributed by atoms with van der Waals surface area (Å²) in [6, 6.07) is 1.81. The molecule has 1 aromatic rings. The highest BCUT2D eigenvalue weighted by Crippen LogP contribution is 1.88. The van der Waals surface area contributed by atoms with Gasteiger partial charge >= 0.3 is 0 Å². The van der Waals surface area contributed by atoms with E-state index in [9.17, 15) is 4.79 Å². The minimum Gasteiger partial charge on any atom is -0.298 e. The van der Waals surface area contributed by atoms with Crippen molar-refractivity contribution in [1.29, 1.82) is 0 Å². The van der Waals surface area contributed by atoms with Crippen LogP contribution in [0.4, 0.5) is 0 Å². The van der Waals surface area contributed by atoms with Crippen molar-refractivity contribution in [3.8, 4) is 0 Å². The molecule has 3 nitrogen and oxygen atoms in total. The van der Waals surface area contributed by atoms with Gasteiger partial charge in [-0.3, -0.25) is 9.48 Å². The maximum Gasteiger partial charge on any atom is 0.154 e. The quantitative estimate of drug-likeness (QED) is 0.621. The normalized spacial score (nSPS) is 9.70. The first kappa shape index (κ1) is 6.99. The molecule has 0 spiro atoms. The van der Waals surface area contributed by atoms with Gasteiger partial charge in [-0.25, -0.2) is 0 Å². The Morgan fingerprint density at radius 3 is 3.00 bits per heavy atom. The lowest BCUT2D eigenvalue weighted by Gasteiger charge is -1.95. The Labute approximate surface area is 59.7 Å². The van der Waals surface area contributed by atoms with Crippen LogP contribution in [0.5, 0.6) is 0 Å². The Bertz CT molecular complexity index is 203. The Balaban J connectivity index is 2.48. The van der Waals surface area contributed by atoms with Crippen molar-refractivity contribution < 1.29 is 4.79 Å². The van der Waals surface area contributed by atoms with Crippen molar-refractivity contribution in [3.63, 3.8) is 0 Å². The van der Waals surface area contributed by atoms with Crippen molar-refractivity contribution in [2.75, 3.05) is 0 Å². The van der Waals surface area contributed by atoms with Gasteiger partial charge in [0.15, 0.2) is 5.78 Å². The van der Waals surface area contributed by atoms with E-state index in [0.29, 0.717) is 13.0 Å². The second kappa shape index (κ2) is 3.15. The second-order valence-electron chi connectivity index (χ2n) is 2.10. The molecule has 0 bridgehead atoms. The standard InChI is InChI=1S/C7H10N2O/c1-2-7(10)6-9-5-3-4-8-9/h3-5H,2,6H2,1H3. The van der Waals surface area contributed by atoms with Gasteiger partial charge in [0, 0.05) is 18.8 Å². The number of nitrogens with zero attached hydrogens (tertiary/aromatic N) is 2. The van der Waals surface area contributed by atoms with Crippen LogP contribution in [0, 0.1) is 0 Å². The number of rotatable bonds is 3. The minimum atomic E-state index is 0.212. The van der Waals surface area contributed by atoms with Crippen LogP contribution >= 0.6 is 0 Å². The molecule has 0 radical (unpaired) electrons. The Morgan fingerprint density at radius 1 is 1.70 bits per heavy atom. The van der Waals surface area contributed by atoms with Gasteiger partial charge in [-0.15, -0.1) is 0 Å². The highest BCUT2D eigenvalue weighted by atomic mass is 16.1. The summed E-state index contributed by atoms with van der Waals surface area (Å²) in [5.41, 5.74) is 0. The summed E-state index contributed by atoms with van der Waals surface area (Å²) in [5, 5.41) is 3.90. The molecule has 3 heteroatoms. The van der Waals surface area contributed by atoms with Crippen molar-refractivity contribution in [3.05, 3.63) is 18.5 Å². The van der Waals surface area contributed by atoms with Crippen molar-refractivity contribution >= 4 is 5.78 Å². The van der Waals surface area contributed by atoms with E-state index in [4.69, 9.17) is 0 Å². The van der Waals surface area contributed by atoms with Crippen LogP contribution in [0.1, 0.15) is 13.3 Å². The third kappa shape index (κ3) is 1.69. The molecule has 1 aromatic heterocycles. The Kier molecular flexibility index (Phi) is 2.20. The number of carbonyl (C=O) groups excluding carboxylic acids is 1. The summed E-state index contributed by atoms with van der Waals surface area (Å²) in [4.78, 5) is 10.8. The molecule has 0 amide bonds. The van der Waals surface area contributed by atoms with Crippen LogP contribution in [0.3, 0.4) is 0 Å². The maximum absolute atomic E-state index is 10.8. The lowest BCUT2D eigenvalue weighted by molar-refractivity contribution is -0.119. The van der Waals surface area contributed by atoms with E-state index in [2.05, 4.69) is 5.10 Å². The highest BCUT2D eigenvalue weighted by molar-refractivity contribution is 5.77. The number of aromatic nitrogens is 2. The van der Waals surface area contributed by atoms with Crippen LogP contribution in [0.2, 0.25) is 0 Å². The molecule has 0 aliphatic heterocycles. The summed E-state index contributed by atoms with van der Waals surface area (Å²) >= 11 is 0. The summed E-state index contributed by atoms with van der Waals surface area (Å²) in [6.07, 6.45) is 4.04. The summed E-state index contributed by atoms with van der Waals surface area (Å²) in [5.74, 6) is 0.212. The highest BCUT2D eigenvalue weighted by Gasteiger charge is 1.97. The molecule has 1 heterocycles. The third-order valence-electron chi connectivity index (χ3n) is 1.29. The van der Waals surface area contributed by atoms with E-state index in [-0.39, 0.29) is 5.78 Å². The molecule has 1 rings (SSSR count). The van der Waals surface area contributed by atoms with Gasteiger partial charge in [-0.2, -0.15) is 5.10 Å². The average Bonchev–Trinajstić information content (AvgIpc) is 2.40. The van der Waals surface area contributed by atoms with E-state index in [1.807, 2.05) is 13.0 Å². The molecule has 0 unspecified atom stereocenters. The van der Waals surface area contributed by atoms with Crippen LogP contribution in [-0.4, -0.2) is 15.6 Å². The minimum absolute atomic E-state index is 0.212. The van der Waals surface area contributed by atoms with Crippen molar-refractivity contribution in [1.82, 2.24) is 9.78 Å². The molecule has 10 heavy (non-hydrogen) atoms. The zero-order chi connectivity index (χ0) is 7.40. The van der Waals surface area contributed by atoms with Crippen molar-refractivity contribution in [2.24, 2.45) is 0 Å². The monoisotopic (exact) mass is 138 g/mol. The van der Waals surface area contributed by atoms with E-state index in [1.54, 1.807) is 17.1 Å². The van der Waals surface area contributed by atoms with Crippen molar-refractivity contribution in [2.45, 2.75) is 19.9 Å². The molecule has 0 aromatic carbocycles. The number of carbonyl (C=O) groups is 1. The molecule has 0 aliphatic carbocycles. The van der Waals surface area contributed by atoms with Gasteiger partial charge in [0.05, 0.1) is 6.54 Å². The molecule has 0 aliphatic rings. The maximum atomic E-state index is 10.8. The Hall–Kier alpha value is -1.12. The smallest absolute Gasteiger partial charge is 0.154 e. The molecule has 0 atom stereocenters. The fourth-order valence-electron chi connectivity index (χ4n) is 0.686. The van der Waals surface area contributed by atoms with E-state index in [1.165, 1.54) is 0 Å². The lowest BCUT2D eigenvalue weighted by atomic mass is 10.3. The van der Waals surface area contributed by atoms with E-state index < -0.39 is 0 Å². The lowest BCUT2D eigenvalue weighted by Crippen LogP contribution is -2.08.